The van der Waals surface area contributed by atoms with E-state index in [1.54, 1.807) is 46.8 Å². The summed E-state index contributed by atoms with van der Waals surface area (Å²) in [6.07, 6.45) is 5.70. The molecule has 186 valence electrons. The second kappa shape index (κ2) is 12.6. The minimum Gasteiger partial charge on any atom is -0.468 e. The Morgan fingerprint density at radius 3 is 2.15 bits per heavy atom. The molecule has 9 nitrogen and oxygen atoms in total. The Balaban J connectivity index is 3.34. The van der Waals surface area contributed by atoms with Gasteiger partial charge in [0.05, 0.1) is 7.11 Å². The summed E-state index contributed by atoms with van der Waals surface area (Å²) >= 11 is 0. The van der Waals surface area contributed by atoms with E-state index in [0.29, 0.717) is 5.56 Å². The molecule has 0 heterocycles. The smallest absolute Gasteiger partial charge is 0.408 e. The van der Waals surface area contributed by atoms with Crippen LogP contribution in [0.15, 0.2) is 24.3 Å². The Hall–Kier alpha value is -3.54. The zero-order valence-corrected chi connectivity index (χ0v) is 20.9. The van der Waals surface area contributed by atoms with Crippen molar-refractivity contribution in [2.45, 2.75) is 65.6 Å². The van der Waals surface area contributed by atoms with Crippen molar-refractivity contribution in [3.8, 4) is 12.5 Å². The van der Waals surface area contributed by atoms with E-state index in [9.17, 15) is 19.2 Å². The van der Waals surface area contributed by atoms with Crippen LogP contribution in [0.25, 0.3) is 0 Å². The SMILES string of the molecule is C#CN(C(=O)C(NC(=O)OC(C)(C)C)C(C)C)C(C(=O)NCC(=O)OC)c1ccc(CC)cc1. The minimum atomic E-state index is -1.24. The van der Waals surface area contributed by atoms with E-state index < -0.39 is 48.1 Å². The van der Waals surface area contributed by atoms with E-state index in [4.69, 9.17) is 11.2 Å². The zero-order valence-electron chi connectivity index (χ0n) is 20.9. The normalized spacial score (nSPS) is 12.7. The minimum absolute atomic E-state index is 0.364. The van der Waals surface area contributed by atoms with E-state index >= 15 is 0 Å². The molecule has 1 rings (SSSR count). The third-order valence-electron chi connectivity index (χ3n) is 4.83. The van der Waals surface area contributed by atoms with Gasteiger partial charge in [-0.15, -0.1) is 0 Å². The first-order valence-electron chi connectivity index (χ1n) is 11.1. The zero-order chi connectivity index (χ0) is 26.1. The number of aryl methyl sites for hydroxylation is 1. The van der Waals surface area contributed by atoms with Gasteiger partial charge in [-0.1, -0.05) is 51.5 Å². The summed E-state index contributed by atoms with van der Waals surface area (Å²) in [7, 11) is 1.20. The van der Waals surface area contributed by atoms with Gasteiger partial charge in [-0.3, -0.25) is 19.3 Å². The molecule has 2 atom stereocenters. The molecule has 0 radical (unpaired) electrons. The molecule has 34 heavy (non-hydrogen) atoms. The highest BCUT2D eigenvalue weighted by Gasteiger charge is 2.37. The Morgan fingerprint density at radius 1 is 1.12 bits per heavy atom. The molecule has 1 aromatic rings. The number of hydrogen-bond acceptors (Lipinski definition) is 6. The number of esters is 1. The van der Waals surface area contributed by atoms with E-state index in [1.807, 2.05) is 19.1 Å². The summed E-state index contributed by atoms with van der Waals surface area (Å²) in [6, 6.07) is 7.04. The number of nitrogens with zero attached hydrogens (tertiary/aromatic N) is 1. The van der Waals surface area contributed by atoms with E-state index in [1.165, 1.54) is 7.11 Å². The lowest BCUT2D eigenvalue weighted by Gasteiger charge is -2.31. The van der Waals surface area contributed by atoms with Crippen LogP contribution >= 0.6 is 0 Å². The molecule has 0 aliphatic carbocycles. The van der Waals surface area contributed by atoms with Gasteiger partial charge < -0.3 is 20.1 Å². The number of ether oxygens (including phenoxy) is 2. The van der Waals surface area contributed by atoms with Crippen molar-refractivity contribution in [1.82, 2.24) is 15.5 Å². The molecule has 0 aliphatic rings. The second-order valence-corrected chi connectivity index (χ2v) is 9.00. The van der Waals surface area contributed by atoms with Crippen LogP contribution in [0.2, 0.25) is 0 Å². The molecule has 0 fully saturated rings. The van der Waals surface area contributed by atoms with Gasteiger partial charge in [0.15, 0.2) is 0 Å². The van der Waals surface area contributed by atoms with Crippen molar-refractivity contribution >= 4 is 23.9 Å². The van der Waals surface area contributed by atoms with Crippen LogP contribution in [0.1, 0.15) is 58.7 Å². The fourth-order valence-corrected chi connectivity index (χ4v) is 3.04. The number of alkyl carbamates (subject to hydrolysis) is 1. The third-order valence-corrected chi connectivity index (χ3v) is 4.83. The summed E-state index contributed by atoms with van der Waals surface area (Å²) in [6.45, 7) is 10.2. The maximum absolute atomic E-state index is 13.5. The van der Waals surface area contributed by atoms with Gasteiger partial charge in [0.25, 0.3) is 5.91 Å². The predicted octanol–water partition coefficient (Wildman–Crippen LogP) is 2.55. The number of rotatable bonds is 9. The highest BCUT2D eigenvalue weighted by atomic mass is 16.6. The van der Waals surface area contributed by atoms with E-state index in [-0.39, 0.29) is 5.92 Å². The summed E-state index contributed by atoms with van der Waals surface area (Å²) in [5.41, 5.74) is 0.714. The molecule has 9 heteroatoms. The van der Waals surface area contributed by atoms with Gasteiger partial charge >= 0.3 is 12.1 Å². The van der Waals surface area contributed by atoms with Gasteiger partial charge in [0.2, 0.25) is 5.91 Å². The largest absolute Gasteiger partial charge is 0.468 e. The summed E-state index contributed by atoms with van der Waals surface area (Å²) in [4.78, 5) is 51.4. The number of amides is 3. The lowest BCUT2D eigenvalue weighted by atomic mass is 9.98. The monoisotopic (exact) mass is 473 g/mol. The summed E-state index contributed by atoms with van der Waals surface area (Å²) in [5.74, 6) is -2.35. The van der Waals surface area contributed by atoms with Crippen LogP contribution in [0.4, 0.5) is 4.79 Å². The standard InChI is InChI=1S/C25H35N3O6/c1-9-17-11-13-18(14-12-17)21(22(30)26-15-19(29)33-8)28(10-2)23(31)20(16(3)4)27-24(32)34-25(5,6)7/h2,11-14,16,20-21H,9,15H2,1,3-8H3,(H,26,30)(H,27,32). The number of benzene rings is 1. The lowest BCUT2D eigenvalue weighted by molar-refractivity contribution is -0.143. The van der Waals surface area contributed by atoms with Gasteiger partial charge in [-0.05, 0) is 44.2 Å². The molecule has 0 spiro atoms. The molecule has 2 unspecified atom stereocenters. The molecule has 0 saturated carbocycles. The fourth-order valence-electron chi connectivity index (χ4n) is 3.04. The van der Waals surface area contributed by atoms with Gasteiger partial charge in [-0.25, -0.2) is 4.79 Å². The second-order valence-electron chi connectivity index (χ2n) is 9.00. The van der Waals surface area contributed by atoms with Crippen LogP contribution in [-0.2, 0) is 30.3 Å². The number of carbonyl (C=O) groups is 4. The molecule has 0 saturated heterocycles. The van der Waals surface area contributed by atoms with Gasteiger partial charge in [-0.2, -0.15) is 0 Å². The first-order chi connectivity index (χ1) is 15.8. The Kier molecular flexibility index (Phi) is 10.6. The average Bonchev–Trinajstić information content (AvgIpc) is 2.77. The number of nitrogens with one attached hydrogen (secondary N) is 2. The maximum Gasteiger partial charge on any atom is 0.408 e. The summed E-state index contributed by atoms with van der Waals surface area (Å²) in [5, 5.41) is 5.01. The van der Waals surface area contributed by atoms with Crippen LogP contribution in [-0.4, -0.2) is 54.1 Å². The van der Waals surface area contributed by atoms with E-state index in [2.05, 4.69) is 21.4 Å². The first kappa shape index (κ1) is 28.5. The van der Waals surface area contributed by atoms with E-state index in [0.717, 1.165) is 16.9 Å². The van der Waals surface area contributed by atoms with Crippen LogP contribution in [0.5, 0.6) is 0 Å². The van der Waals surface area contributed by atoms with Crippen LogP contribution < -0.4 is 10.6 Å². The Bertz CT molecular complexity index is 912. The van der Waals surface area contributed by atoms with Crippen molar-refractivity contribution < 1.29 is 28.7 Å². The number of hydrogen-bond donors (Lipinski definition) is 2. The predicted molar refractivity (Wildman–Crippen MR) is 127 cm³/mol. The highest BCUT2D eigenvalue weighted by Crippen LogP contribution is 2.24. The fraction of sp³-hybridized carbons (Fsp3) is 0.520. The molecule has 1 aromatic carbocycles. The number of carbonyl (C=O) groups excluding carboxylic acids is 4. The Labute approximate surface area is 201 Å². The van der Waals surface area contributed by atoms with Gasteiger partial charge in [0.1, 0.15) is 24.2 Å². The van der Waals surface area contributed by atoms with Crippen molar-refractivity contribution in [2.75, 3.05) is 13.7 Å². The number of terminal acetylenes is 1. The highest BCUT2D eigenvalue weighted by molar-refractivity contribution is 5.94. The number of methoxy groups -OCH3 is 1. The average molecular weight is 474 g/mol. The molecule has 0 aromatic heterocycles. The van der Waals surface area contributed by atoms with Crippen LogP contribution in [0.3, 0.4) is 0 Å². The third kappa shape index (κ3) is 8.43. The first-order valence-corrected chi connectivity index (χ1v) is 11.1. The van der Waals surface area contributed by atoms with Crippen molar-refractivity contribution in [3.05, 3.63) is 35.4 Å². The topological polar surface area (TPSA) is 114 Å². The maximum atomic E-state index is 13.5. The van der Waals surface area contributed by atoms with Crippen molar-refractivity contribution in [3.63, 3.8) is 0 Å². The lowest BCUT2D eigenvalue weighted by Crippen LogP contribution is -2.53. The molecule has 0 bridgehead atoms. The van der Waals surface area contributed by atoms with Crippen molar-refractivity contribution in [2.24, 2.45) is 5.92 Å². The molecule has 3 amide bonds. The molecule has 2 N–H and O–H groups in total. The van der Waals surface area contributed by atoms with Crippen molar-refractivity contribution in [1.29, 1.82) is 0 Å². The molecular formula is C25H35N3O6. The van der Waals surface area contributed by atoms with Gasteiger partial charge in [0, 0.05) is 6.04 Å². The Morgan fingerprint density at radius 2 is 1.71 bits per heavy atom. The quantitative estimate of drug-likeness (QED) is 0.324. The molecule has 0 aliphatic heterocycles. The summed E-state index contributed by atoms with van der Waals surface area (Å²) < 4.78 is 9.84. The van der Waals surface area contributed by atoms with Crippen LogP contribution in [0, 0.1) is 18.4 Å². The molecular weight excluding hydrogens is 438 g/mol.